The summed E-state index contributed by atoms with van der Waals surface area (Å²) in [4.78, 5) is 14.7. The van der Waals surface area contributed by atoms with Crippen LogP contribution in [0.15, 0.2) is 12.3 Å². The molecule has 7 heteroatoms. The summed E-state index contributed by atoms with van der Waals surface area (Å²) in [5.41, 5.74) is 6.42. The highest BCUT2D eigenvalue weighted by Gasteiger charge is 2.12. The molecule has 0 saturated heterocycles. The zero-order chi connectivity index (χ0) is 13.1. The van der Waals surface area contributed by atoms with Crippen molar-refractivity contribution in [2.45, 2.75) is 13.8 Å². The van der Waals surface area contributed by atoms with Crippen molar-refractivity contribution in [3.05, 3.63) is 12.3 Å². The first-order valence-corrected chi connectivity index (χ1v) is 5.90. The van der Waals surface area contributed by atoms with Crippen molar-refractivity contribution in [2.75, 3.05) is 23.7 Å². The average Bonchev–Trinajstić information content (AvgIpc) is 2.77. The first-order valence-electron chi connectivity index (χ1n) is 5.90. The molecular formula is C11H17N7. The second kappa shape index (κ2) is 4.99. The number of nitrogens with zero attached hydrogens (tertiary/aromatic N) is 6. The van der Waals surface area contributed by atoms with E-state index in [9.17, 15) is 0 Å². The van der Waals surface area contributed by atoms with E-state index in [1.807, 2.05) is 38.1 Å². The highest BCUT2D eigenvalue weighted by molar-refractivity contribution is 5.52. The maximum Gasteiger partial charge on any atom is 0.230 e. The van der Waals surface area contributed by atoms with Crippen LogP contribution in [0.1, 0.15) is 13.8 Å². The molecule has 0 radical (unpaired) electrons. The zero-order valence-electron chi connectivity index (χ0n) is 10.8. The first kappa shape index (κ1) is 12.3. The van der Waals surface area contributed by atoms with Crippen molar-refractivity contribution < 1.29 is 0 Å². The molecule has 96 valence electrons. The summed E-state index contributed by atoms with van der Waals surface area (Å²) in [6, 6.07) is 1.85. The molecule has 2 heterocycles. The lowest BCUT2D eigenvalue weighted by atomic mass is 10.4. The minimum Gasteiger partial charge on any atom is -0.368 e. The van der Waals surface area contributed by atoms with Gasteiger partial charge in [-0.25, -0.2) is 0 Å². The molecule has 0 amide bonds. The summed E-state index contributed by atoms with van der Waals surface area (Å²) < 4.78 is 1.70. The molecule has 7 nitrogen and oxygen atoms in total. The second-order valence-electron chi connectivity index (χ2n) is 3.86. The molecule has 0 aromatic carbocycles. The molecule has 0 fully saturated rings. The van der Waals surface area contributed by atoms with Gasteiger partial charge in [-0.05, 0) is 19.9 Å². The Labute approximate surface area is 106 Å². The lowest BCUT2D eigenvalue weighted by Gasteiger charge is -2.18. The van der Waals surface area contributed by atoms with Gasteiger partial charge in [0.1, 0.15) is 5.69 Å². The highest BCUT2D eigenvalue weighted by atomic mass is 15.3. The van der Waals surface area contributed by atoms with Crippen LogP contribution >= 0.6 is 0 Å². The van der Waals surface area contributed by atoms with Crippen molar-refractivity contribution in [2.24, 2.45) is 7.05 Å². The summed E-state index contributed by atoms with van der Waals surface area (Å²) in [5.74, 6) is 1.31. The summed E-state index contributed by atoms with van der Waals surface area (Å²) in [5, 5.41) is 4.26. The van der Waals surface area contributed by atoms with Crippen LogP contribution in [-0.4, -0.2) is 37.8 Å². The van der Waals surface area contributed by atoms with Gasteiger partial charge in [-0.1, -0.05) is 0 Å². The van der Waals surface area contributed by atoms with E-state index in [2.05, 4.69) is 20.1 Å². The van der Waals surface area contributed by atoms with Crippen LogP contribution in [0, 0.1) is 0 Å². The Kier molecular flexibility index (Phi) is 3.40. The lowest BCUT2D eigenvalue weighted by Crippen LogP contribution is -2.25. The number of nitrogens with two attached hydrogens (primary N) is 1. The topological polar surface area (TPSA) is 85.8 Å². The normalized spacial score (nSPS) is 10.6. The van der Waals surface area contributed by atoms with Gasteiger partial charge in [0.15, 0.2) is 5.82 Å². The third-order valence-electron chi connectivity index (χ3n) is 2.63. The molecule has 2 aromatic heterocycles. The molecule has 2 rings (SSSR count). The third-order valence-corrected chi connectivity index (χ3v) is 2.63. The minimum atomic E-state index is 0.215. The number of hydrogen-bond donors (Lipinski definition) is 1. The zero-order valence-corrected chi connectivity index (χ0v) is 10.8. The number of aryl methyl sites for hydroxylation is 1. The van der Waals surface area contributed by atoms with Crippen LogP contribution in [0.2, 0.25) is 0 Å². The van der Waals surface area contributed by atoms with Gasteiger partial charge in [-0.15, -0.1) is 0 Å². The maximum absolute atomic E-state index is 5.73. The van der Waals surface area contributed by atoms with E-state index in [4.69, 9.17) is 5.73 Å². The molecule has 0 unspecified atom stereocenters. The maximum atomic E-state index is 5.73. The number of aromatic nitrogens is 5. The number of anilines is 2. The van der Waals surface area contributed by atoms with Crippen LogP contribution < -0.4 is 10.6 Å². The molecule has 0 aliphatic rings. The summed E-state index contributed by atoms with van der Waals surface area (Å²) in [7, 11) is 1.85. The molecule has 2 N–H and O–H groups in total. The van der Waals surface area contributed by atoms with Crippen LogP contribution in [0.3, 0.4) is 0 Å². The molecule has 2 aromatic rings. The van der Waals surface area contributed by atoms with Gasteiger partial charge in [0.25, 0.3) is 0 Å². The number of rotatable bonds is 4. The molecule has 0 atom stereocenters. The van der Waals surface area contributed by atoms with E-state index in [0.717, 1.165) is 13.1 Å². The minimum absolute atomic E-state index is 0.215. The fourth-order valence-electron chi connectivity index (χ4n) is 1.68. The standard InChI is InChI=1S/C11H17N7/c1-4-18(5-2)11-14-9(13-10(12)15-11)8-6-7-17(3)16-8/h6-7H,4-5H2,1-3H3,(H2,12,13,14,15). The Bertz CT molecular complexity index is 530. The molecule has 0 aliphatic carbocycles. The van der Waals surface area contributed by atoms with Crippen molar-refractivity contribution >= 4 is 11.9 Å². The summed E-state index contributed by atoms with van der Waals surface area (Å²) in [6.45, 7) is 5.73. The quantitative estimate of drug-likeness (QED) is 0.856. The van der Waals surface area contributed by atoms with Gasteiger partial charge in [0.2, 0.25) is 11.9 Å². The van der Waals surface area contributed by atoms with E-state index in [1.165, 1.54) is 0 Å². The second-order valence-corrected chi connectivity index (χ2v) is 3.86. The van der Waals surface area contributed by atoms with Crippen LogP contribution in [0.4, 0.5) is 11.9 Å². The van der Waals surface area contributed by atoms with Crippen molar-refractivity contribution in [1.29, 1.82) is 0 Å². The van der Waals surface area contributed by atoms with Crippen LogP contribution in [-0.2, 0) is 7.05 Å². The third kappa shape index (κ3) is 2.39. The molecule has 0 aliphatic heterocycles. The average molecular weight is 247 g/mol. The van der Waals surface area contributed by atoms with Gasteiger partial charge in [0, 0.05) is 26.3 Å². The predicted molar refractivity (Wildman–Crippen MR) is 70.0 cm³/mol. The largest absolute Gasteiger partial charge is 0.368 e. The Balaban J connectivity index is 2.43. The van der Waals surface area contributed by atoms with Gasteiger partial charge >= 0.3 is 0 Å². The SMILES string of the molecule is CCN(CC)c1nc(N)nc(-c2ccn(C)n2)n1. The molecule has 0 spiro atoms. The van der Waals surface area contributed by atoms with Gasteiger partial charge in [0.05, 0.1) is 0 Å². The van der Waals surface area contributed by atoms with E-state index in [1.54, 1.807) is 4.68 Å². The number of nitrogen functional groups attached to an aromatic ring is 1. The van der Waals surface area contributed by atoms with E-state index in [0.29, 0.717) is 17.5 Å². The fraction of sp³-hybridized carbons (Fsp3) is 0.455. The Morgan fingerprint density at radius 2 is 1.94 bits per heavy atom. The molecular weight excluding hydrogens is 230 g/mol. The lowest BCUT2D eigenvalue weighted by molar-refractivity contribution is 0.766. The van der Waals surface area contributed by atoms with Gasteiger partial charge in [-0.3, -0.25) is 4.68 Å². The Morgan fingerprint density at radius 1 is 1.22 bits per heavy atom. The smallest absolute Gasteiger partial charge is 0.230 e. The van der Waals surface area contributed by atoms with Gasteiger partial charge < -0.3 is 10.6 Å². The van der Waals surface area contributed by atoms with Crippen molar-refractivity contribution in [3.63, 3.8) is 0 Å². The monoisotopic (exact) mass is 247 g/mol. The van der Waals surface area contributed by atoms with E-state index < -0.39 is 0 Å². The molecule has 0 bridgehead atoms. The Morgan fingerprint density at radius 3 is 2.50 bits per heavy atom. The van der Waals surface area contributed by atoms with E-state index in [-0.39, 0.29) is 5.95 Å². The van der Waals surface area contributed by atoms with Crippen LogP contribution in [0.5, 0.6) is 0 Å². The van der Waals surface area contributed by atoms with E-state index >= 15 is 0 Å². The molecule has 18 heavy (non-hydrogen) atoms. The summed E-state index contributed by atoms with van der Waals surface area (Å²) >= 11 is 0. The Hall–Kier alpha value is -2.18. The molecule has 0 saturated carbocycles. The van der Waals surface area contributed by atoms with Gasteiger partial charge in [-0.2, -0.15) is 20.1 Å². The highest BCUT2D eigenvalue weighted by Crippen LogP contribution is 2.16. The first-order chi connectivity index (χ1) is 8.63. The fourth-order valence-corrected chi connectivity index (χ4v) is 1.68. The number of hydrogen-bond acceptors (Lipinski definition) is 6. The van der Waals surface area contributed by atoms with Crippen molar-refractivity contribution in [3.8, 4) is 11.5 Å². The van der Waals surface area contributed by atoms with Crippen molar-refractivity contribution in [1.82, 2.24) is 24.7 Å². The predicted octanol–water partition coefficient (Wildman–Crippen LogP) is 0.700. The summed E-state index contributed by atoms with van der Waals surface area (Å²) in [6.07, 6.45) is 1.84. The van der Waals surface area contributed by atoms with Crippen LogP contribution in [0.25, 0.3) is 11.5 Å².